The van der Waals surface area contributed by atoms with Gasteiger partial charge in [0.25, 0.3) is 5.69 Å². The van der Waals surface area contributed by atoms with Crippen LogP contribution in [0.2, 0.25) is 0 Å². The van der Waals surface area contributed by atoms with Crippen LogP contribution in [0, 0.1) is 10.1 Å². The molecular formula is C18H20N4O3. The molecule has 1 heterocycles. The number of nitro groups is 1. The highest BCUT2D eigenvalue weighted by molar-refractivity contribution is 5.79. The van der Waals surface area contributed by atoms with Crippen molar-refractivity contribution in [2.75, 3.05) is 13.6 Å². The van der Waals surface area contributed by atoms with Crippen molar-refractivity contribution >= 4 is 11.6 Å². The predicted octanol–water partition coefficient (Wildman–Crippen LogP) is 2.26. The van der Waals surface area contributed by atoms with E-state index in [9.17, 15) is 10.1 Å². The van der Waals surface area contributed by atoms with E-state index in [2.05, 4.69) is 21.7 Å². The summed E-state index contributed by atoms with van der Waals surface area (Å²) in [5.74, 6) is 1.61. The minimum atomic E-state index is -0.405. The summed E-state index contributed by atoms with van der Waals surface area (Å²) in [6, 6.07) is 14.5. The average Bonchev–Trinajstić information content (AvgIpc) is 3.05. The van der Waals surface area contributed by atoms with E-state index in [0.717, 1.165) is 17.7 Å². The van der Waals surface area contributed by atoms with E-state index in [-0.39, 0.29) is 11.8 Å². The van der Waals surface area contributed by atoms with Gasteiger partial charge in [-0.3, -0.25) is 15.1 Å². The molecule has 0 aromatic heterocycles. The van der Waals surface area contributed by atoms with E-state index in [1.807, 2.05) is 18.2 Å². The summed E-state index contributed by atoms with van der Waals surface area (Å²) in [5, 5.41) is 17.1. The highest BCUT2D eigenvalue weighted by Crippen LogP contribution is 2.27. The number of ether oxygens (including phenoxy) is 1. The van der Waals surface area contributed by atoms with Gasteiger partial charge < -0.3 is 15.4 Å². The number of rotatable bonds is 5. The number of benzene rings is 2. The summed E-state index contributed by atoms with van der Waals surface area (Å²) in [5.41, 5.74) is 2.26. The second kappa shape index (κ2) is 7.65. The fourth-order valence-electron chi connectivity index (χ4n) is 2.72. The van der Waals surface area contributed by atoms with Gasteiger partial charge in [-0.05, 0) is 17.2 Å². The summed E-state index contributed by atoms with van der Waals surface area (Å²) in [6.07, 6.45) is 0.957. The van der Waals surface area contributed by atoms with Crippen LogP contribution in [0.25, 0.3) is 0 Å². The Hall–Kier alpha value is -3.09. The van der Waals surface area contributed by atoms with Crippen LogP contribution in [0.3, 0.4) is 0 Å². The van der Waals surface area contributed by atoms with Crippen LogP contribution in [-0.2, 0) is 13.0 Å². The number of nitro benzene ring substituents is 1. The van der Waals surface area contributed by atoms with Gasteiger partial charge in [0.2, 0.25) is 0 Å². The third kappa shape index (κ3) is 4.26. The highest BCUT2D eigenvalue weighted by Gasteiger charge is 2.22. The Balaban J connectivity index is 1.46. The number of hydrogen-bond acceptors (Lipinski definition) is 4. The third-order valence-electron chi connectivity index (χ3n) is 4.04. The Morgan fingerprint density at radius 3 is 2.68 bits per heavy atom. The minimum Gasteiger partial charge on any atom is -0.488 e. The minimum absolute atomic E-state index is 0.0790. The number of nitrogens with one attached hydrogen (secondary N) is 2. The predicted molar refractivity (Wildman–Crippen MR) is 95.9 cm³/mol. The maximum Gasteiger partial charge on any atom is 0.269 e. The van der Waals surface area contributed by atoms with E-state index >= 15 is 0 Å². The summed E-state index contributed by atoms with van der Waals surface area (Å²) in [4.78, 5) is 14.5. The maximum atomic E-state index is 10.7. The molecule has 130 valence electrons. The van der Waals surface area contributed by atoms with Crippen molar-refractivity contribution in [2.45, 2.75) is 19.1 Å². The number of hydrogen-bond donors (Lipinski definition) is 2. The lowest BCUT2D eigenvalue weighted by molar-refractivity contribution is -0.384. The monoisotopic (exact) mass is 340 g/mol. The van der Waals surface area contributed by atoms with Crippen molar-refractivity contribution in [1.29, 1.82) is 0 Å². The zero-order valence-electron chi connectivity index (χ0n) is 13.9. The molecule has 2 aromatic carbocycles. The van der Waals surface area contributed by atoms with E-state index < -0.39 is 4.92 Å². The van der Waals surface area contributed by atoms with Gasteiger partial charge in [0, 0.05) is 32.1 Å². The second-order valence-corrected chi connectivity index (χ2v) is 5.78. The van der Waals surface area contributed by atoms with Gasteiger partial charge in [0.05, 0.1) is 11.5 Å². The molecule has 7 nitrogen and oxygen atoms in total. The molecule has 0 spiro atoms. The first-order valence-corrected chi connectivity index (χ1v) is 8.08. The van der Waals surface area contributed by atoms with E-state index in [1.54, 1.807) is 19.2 Å². The molecule has 3 rings (SSSR count). The number of para-hydroxylation sites is 1. The molecule has 0 fully saturated rings. The highest BCUT2D eigenvalue weighted by atomic mass is 16.6. The first-order chi connectivity index (χ1) is 12.2. The van der Waals surface area contributed by atoms with E-state index in [0.29, 0.717) is 19.0 Å². The van der Waals surface area contributed by atoms with Crippen molar-refractivity contribution in [3.8, 4) is 5.75 Å². The normalized spacial score (nSPS) is 16.0. The number of guanidine groups is 1. The molecule has 0 saturated heterocycles. The topological polar surface area (TPSA) is 88.8 Å². The fourth-order valence-corrected chi connectivity index (χ4v) is 2.72. The summed E-state index contributed by atoms with van der Waals surface area (Å²) >= 11 is 0. The summed E-state index contributed by atoms with van der Waals surface area (Å²) in [6.45, 7) is 1.18. The molecule has 0 aliphatic carbocycles. The molecule has 1 aliphatic rings. The standard InChI is InChI=1S/C18H20N4O3/c1-19-18(20-11-13-6-8-15(9-7-13)22(23)24)21-12-16-10-14-4-2-3-5-17(14)25-16/h2-9,16H,10-12H2,1H3,(H2,19,20,21). The Labute approximate surface area is 145 Å². The third-order valence-corrected chi connectivity index (χ3v) is 4.04. The lowest BCUT2D eigenvalue weighted by Gasteiger charge is -2.15. The van der Waals surface area contributed by atoms with Gasteiger partial charge in [-0.25, -0.2) is 0 Å². The average molecular weight is 340 g/mol. The van der Waals surface area contributed by atoms with E-state index in [4.69, 9.17) is 4.74 Å². The lowest BCUT2D eigenvalue weighted by atomic mass is 10.1. The van der Waals surface area contributed by atoms with Gasteiger partial charge in [-0.1, -0.05) is 30.3 Å². The van der Waals surface area contributed by atoms with Crippen LogP contribution < -0.4 is 15.4 Å². The molecule has 1 unspecified atom stereocenters. The molecule has 1 aliphatic heterocycles. The van der Waals surface area contributed by atoms with Gasteiger partial charge in [0.1, 0.15) is 11.9 Å². The zero-order valence-corrected chi connectivity index (χ0v) is 13.9. The van der Waals surface area contributed by atoms with Crippen molar-refractivity contribution in [1.82, 2.24) is 10.6 Å². The van der Waals surface area contributed by atoms with Crippen LogP contribution in [0.1, 0.15) is 11.1 Å². The second-order valence-electron chi connectivity index (χ2n) is 5.78. The number of non-ortho nitro benzene ring substituents is 1. The Bertz CT molecular complexity index is 749. The quantitative estimate of drug-likeness (QED) is 0.377. The Morgan fingerprint density at radius 1 is 1.24 bits per heavy atom. The largest absolute Gasteiger partial charge is 0.488 e. The summed E-state index contributed by atoms with van der Waals surface area (Å²) < 4.78 is 5.89. The Kier molecular flexibility index (Phi) is 5.13. The fraction of sp³-hybridized carbons (Fsp3) is 0.278. The van der Waals surface area contributed by atoms with Gasteiger partial charge in [0.15, 0.2) is 5.96 Å². The van der Waals surface area contributed by atoms with Gasteiger partial charge in [-0.15, -0.1) is 0 Å². The molecule has 0 saturated carbocycles. The van der Waals surface area contributed by atoms with Crippen molar-refractivity contribution in [2.24, 2.45) is 4.99 Å². The van der Waals surface area contributed by atoms with Crippen molar-refractivity contribution in [3.63, 3.8) is 0 Å². The molecule has 2 N–H and O–H groups in total. The van der Waals surface area contributed by atoms with Crippen LogP contribution in [0.15, 0.2) is 53.5 Å². The van der Waals surface area contributed by atoms with Crippen LogP contribution in [0.4, 0.5) is 5.69 Å². The van der Waals surface area contributed by atoms with Crippen molar-refractivity contribution < 1.29 is 9.66 Å². The SMILES string of the molecule is CN=C(NCc1ccc([N+](=O)[O-])cc1)NCC1Cc2ccccc2O1. The number of nitrogens with zero attached hydrogens (tertiary/aromatic N) is 2. The number of fused-ring (bicyclic) bond motifs is 1. The molecule has 0 radical (unpaired) electrons. The molecule has 7 heteroatoms. The molecule has 0 amide bonds. The zero-order chi connectivity index (χ0) is 17.6. The molecule has 1 atom stereocenters. The molecule has 0 bridgehead atoms. The van der Waals surface area contributed by atoms with Crippen LogP contribution in [0.5, 0.6) is 5.75 Å². The molecular weight excluding hydrogens is 320 g/mol. The van der Waals surface area contributed by atoms with Gasteiger partial charge >= 0.3 is 0 Å². The van der Waals surface area contributed by atoms with Crippen LogP contribution in [-0.4, -0.2) is 30.6 Å². The first-order valence-electron chi connectivity index (χ1n) is 8.08. The van der Waals surface area contributed by atoms with Gasteiger partial charge in [-0.2, -0.15) is 0 Å². The maximum absolute atomic E-state index is 10.7. The smallest absolute Gasteiger partial charge is 0.269 e. The van der Waals surface area contributed by atoms with E-state index in [1.165, 1.54) is 17.7 Å². The molecule has 2 aromatic rings. The summed E-state index contributed by atoms with van der Waals surface area (Å²) in [7, 11) is 1.70. The molecule has 25 heavy (non-hydrogen) atoms. The Morgan fingerprint density at radius 2 is 2.00 bits per heavy atom. The number of aliphatic imine (C=N–C) groups is 1. The van der Waals surface area contributed by atoms with Crippen LogP contribution >= 0.6 is 0 Å². The first kappa shape index (κ1) is 16.8. The lowest BCUT2D eigenvalue weighted by Crippen LogP contribution is -2.41. The van der Waals surface area contributed by atoms with Crippen molar-refractivity contribution in [3.05, 3.63) is 69.8 Å².